The molecule has 0 amide bonds. The number of rotatable bonds is 0. The van der Waals surface area contributed by atoms with E-state index in [9.17, 15) is 0 Å². The van der Waals surface area contributed by atoms with Crippen LogP contribution in [0.25, 0.3) is 28.2 Å². The Balaban J connectivity index is 2.16. The minimum absolute atomic E-state index is 0.977. The van der Waals surface area contributed by atoms with Crippen LogP contribution in [0.5, 0.6) is 0 Å². The molecule has 0 radical (unpaired) electrons. The van der Waals surface area contributed by atoms with Gasteiger partial charge in [0.1, 0.15) is 0 Å². The number of thioether (sulfide) groups is 1. The highest BCUT2D eigenvalue weighted by Gasteiger charge is 2.17. The van der Waals surface area contributed by atoms with Gasteiger partial charge < -0.3 is 4.57 Å². The zero-order chi connectivity index (χ0) is 11.2. The Morgan fingerprint density at radius 1 is 1.18 bits per heavy atom. The van der Waals surface area contributed by atoms with E-state index in [1.165, 1.54) is 16.6 Å². The van der Waals surface area contributed by atoms with Gasteiger partial charge in [0, 0.05) is 17.1 Å². The summed E-state index contributed by atoms with van der Waals surface area (Å²) in [6.45, 7) is 0. The molecule has 1 aromatic carbocycles. The van der Waals surface area contributed by atoms with E-state index in [1.807, 2.05) is 17.8 Å². The first kappa shape index (κ1) is 9.31. The molecule has 1 aromatic rings. The number of para-hydroxylation sites is 1. The van der Waals surface area contributed by atoms with Gasteiger partial charge in [-0.2, -0.15) is 0 Å². The maximum atomic E-state index is 4.75. The van der Waals surface area contributed by atoms with Gasteiger partial charge >= 0.3 is 0 Å². The second kappa shape index (κ2) is 3.37. The van der Waals surface area contributed by atoms with Gasteiger partial charge in [0.25, 0.3) is 0 Å². The summed E-state index contributed by atoms with van der Waals surface area (Å²) in [5, 5.41) is 3.39. The Morgan fingerprint density at radius 2 is 2.12 bits per heavy atom. The monoisotopic (exact) mass is 238 g/mol. The third-order valence-electron chi connectivity index (χ3n) is 3.19. The van der Waals surface area contributed by atoms with Crippen LogP contribution >= 0.6 is 11.8 Å². The van der Waals surface area contributed by atoms with Gasteiger partial charge in [-0.05, 0) is 23.6 Å². The highest BCUT2D eigenvalue weighted by Crippen LogP contribution is 2.35. The van der Waals surface area contributed by atoms with Crippen molar-refractivity contribution in [2.45, 2.75) is 5.88 Å². The Kier molecular flexibility index (Phi) is 1.85. The fourth-order valence-corrected chi connectivity index (χ4v) is 3.07. The van der Waals surface area contributed by atoms with E-state index in [4.69, 9.17) is 4.98 Å². The summed E-state index contributed by atoms with van der Waals surface area (Å²) in [6, 6.07) is 10.5. The van der Waals surface area contributed by atoms with Crippen molar-refractivity contribution in [3.05, 3.63) is 47.6 Å². The maximum absolute atomic E-state index is 4.75. The fraction of sp³-hybridized carbons (Fsp3) is 0.0714. The minimum atomic E-state index is 0.977. The van der Waals surface area contributed by atoms with Gasteiger partial charge in [-0.25, -0.2) is 4.98 Å². The average molecular weight is 238 g/mol. The van der Waals surface area contributed by atoms with Crippen LogP contribution in [-0.2, 0) is 5.88 Å². The van der Waals surface area contributed by atoms with Crippen molar-refractivity contribution in [2.75, 3.05) is 0 Å². The predicted molar refractivity (Wildman–Crippen MR) is 73.0 cm³/mol. The summed E-state index contributed by atoms with van der Waals surface area (Å²) < 4.78 is 2.25. The van der Waals surface area contributed by atoms with Gasteiger partial charge in [-0.15, -0.1) is 11.8 Å². The van der Waals surface area contributed by atoms with E-state index in [-0.39, 0.29) is 0 Å². The second-order valence-electron chi connectivity index (χ2n) is 4.16. The van der Waals surface area contributed by atoms with Crippen molar-refractivity contribution in [3.8, 4) is 11.3 Å². The van der Waals surface area contributed by atoms with E-state index in [0.29, 0.717) is 0 Å². The van der Waals surface area contributed by atoms with Crippen molar-refractivity contribution in [3.63, 3.8) is 0 Å². The highest BCUT2D eigenvalue weighted by molar-refractivity contribution is 8.01. The molecular formula is C14H10N2S. The van der Waals surface area contributed by atoms with Crippen molar-refractivity contribution in [2.24, 2.45) is 0 Å². The molecule has 0 spiro atoms. The molecule has 3 heteroatoms. The summed E-state index contributed by atoms with van der Waals surface area (Å²) in [4.78, 5) is 4.75. The number of fused-ring (bicyclic) bond motifs is 5. The smallest absolute Gasteiger partial charge is 0.0953 e. The highest BCUT2D eigenvalue weighted by atomic mass is 32.2. The summed E-state index contributed by atoms with van der Waals surface area (Å²) in [5.74, 6) is 0.977. The number of hydrogen-bond donors (Lipinski definition) is 0. The summed E-state index contributed by atoms with van der Waals surface area (Å²) in [5.41, 5.74) is 4.68. The van der Waals surface area contributed by atoms with Gasteiger partial charge in [-0.1, -0.05) is 18.2 Å². The molecule has 0 N–H and O–H groups in total. The van der Waals surface area contributed by atoms with Crippen LogP contribution in [0.15, 0.2) is 41.9 Å². The van der Waals surface area contributed by atoms with Crippen LogP contribution in [0.2, 0.25) is 0 Å². The van der Waals surface area contributed by atoms with Gasteiger partial charge in [0.2, 0.25) is 0 Å². The molecule has 3 heterocycles. The first-order valence-corrected chi connectivity index (χ1v) is 6.64. The Labute approximate surface area is 103 Å². The number of pyridine rings is 1. The van der Waals surface area contributed by atoms with Crippen LogP contribution in [0.4, 0.5) is 0 Å². The molecule has 0 bridgehead atoms. The SMILES string of the molecule is C1=Cc2c3nc4ccccc4c-3ccn2CS1. The summed E-state index contributed by atoms with van der Waals surface area (Å²) in [6.07, 6.45) is 4.31. The lowest BCUT2D eigenvalue weighted by molar-refractivity contribution is 0.865. The molecule has 82 valence electrons. The molecule has 0 saturated carbocycles. The number of aromatic nitrogens is 2. The van der Waals surface area contributed by atoms with Crippen LogP contribution < -0.4 is 0 Å². The quantitative estimate of drug-likeness (QED) is 0.592. The zero-order valence-electron chi connectivity index (χ0n) is 9.13. The Bertz CT molecular complexity index is 712. The molecule has 2 nitrogen and oxygen atoms in total. The Morgan fingerprint density at radius 3 is 3.12 bits per heavy atom. The topological polar surface area (TPSA) is 17.8 Å². The largest absolute Gasteiger partial charge is 0.336 e. The maximum Gasteiger partial charge on any atom is 0.0953 e. The van der Waals surface area contributed by atoms with Crippen molar-refractivity contribution in [1.82, 2.24) is 9.55 Å². The van der Waals surface area contributed by atoms with Crippen LogP contribution in [-0.4, -0.2) is 9.55 Å². The standard InChI is InChI=1S/C14H10N2S/c1-2-4-12-10(3-1)11-5-7-16-9-17-8-6-13(16)14(11)15-12/h1-8H,9H2. The lowest BCUT2D eigenvalue weighted by Crippen LogP contribution is -2.05. The first-order valence-electron chi connectivity index (χ1n) is 5.59. The van der Waals surface area contributed by atoms with E-state index >= 15 is 0 Å². The summed E-state index contributed by atoms with van der Waals surface area (Å²) in [7, 11) is 0. The average Bonchev–Trinajstić information content (AvgIpc) is 2.78. The number of hydrogen-bond acceptors (Lipinski definition) is 2. The molecule has 0 saturated heterocycles. The van der Waals surface area contributed by atoms with Crippen LogP contribution in [0.3, 0.4) is 0 Å². The zero-order valence-corrected chi connectivity index (χ0v) is 9.95. The molecule has 3 aliphatic rings. The third-order valence-corrected chi connectivity index (χ3v) is 3.95. The predicted octanol–water partition coefficient (Wildman–Crippen LogP) is 3.82. The Hall–Kier alpha value is -1.74. The van der Waals surface area contributed by atoms with Gasteiger partial charge in [-0.3, -0.25) is 0 Å². The normalized spacial score (nSPS) is 14.4. The molecule has 0 fully saturated rings. The lowest BCUT2D eigenvalue weighted by atomic mass is 10.1. The molecule has 3 aliphatic heterocycles. The van der Waals surface area contributed by atoms with Crippen LogP contribution in [0.1, 0.15) is 5.69 Å². The minimum Gasteiger partial charge on any atom is -0.336 e. The van der Waals surface area contributed by atoms with Gasteiger partial charge in [0.05, 0.1) is 22.8 Å². The molecule has 4 rings (SSSR count). The third kappa shape index (κ3) is 1.26. The van der Waals surface area contributed by atoms with E-state index in [1.54, 1.807) is 0 Å². The van der Waals surface area contributed by atoms with E-state index in [0.717, 1.165) is 17.1 Å². The van der Waals surface area contributed by atoms with Crippen molar-refractivity contribution >= 4 is 28.7 Å². The second-order valence-corrected chi connectivity index (χ2v) is 5.02. The molecule has 17 heavy (non-hydrogen) atoms. The summed E-state index contributed by atoms with van der Waals surface area (Å²) >= 11 is 1.81. The first-order chi connectivity index (χ1) is 8.43. The number of benzene rings is 1. The van der Waals surface area contributed by atoms with E-state index < -0.39 is 0 Å². The lowest BCUT2D eigenvalue weighted by Gasteiger charge is -2.16. The number of nitrogens with zero attached hydrogens (tertiary/aromatic N) is 2. The molecule has 0 aromatic heterocycles. The fourth-order valence-electron chi connectivity index (χ4n) is 2.38. The molecular weight excluding hydrogens is 228 g/mol. The molecule has 0 atom stereocenters. The van der Waals surface area contributed by atoms with Crippen molar-refractivity contribution < 1.29 is 0 Å². The van der Waals surface area contributed by atoms with E-state index in [2.05, 4.69) is 46.5 Å². The van der Waals surface area contributed by atoms with Crippen LogP contribution in [0, 0.1) is 0 Å². The van der Waals surface area contributed by atoms with Crippen molar-refractivity contribution in [1.29, 1.82) is 0 Å². The molecule has 0 aliphatic carbocycles. The van der Waals surface area contributed by atoms with Gasteiger partial charge in [0.15, 0.2) is 0 Å². The molecule has 0 unspecified atom stereocenters.